The predicted molar refractivity (Wildman–Crippen MR) is 120 cm³/mol. The van der Waals surface area contributed by atoms with Gasteiger partial charge >= 0.3 is 0 Å². The monoisotopic (exact) mass is 406 g/mol. The summed E-state index contributed by atoms with van der Waals surface area (Å²) in [7, 11) is 2.21. The van der Waals surface area contributed by atoms with E-state index in [9.17, 15) is 0 Å². The number of piperazine rings is 1. The minimum atomic E-state index is 0.758. The molecule has 5 heteroatoms. The van der Waals surface area contributed by atoms with Crippen LogP contribution in [-0.2, 0) is 0 Å². The molecule has 2 aliphatic heterocycles. The van der Waals surface area contributed by atoms with E-state index in [0.29, 0.717) is 0 Å². The normalized spacial score (nSPS) is 19.5. The van der Waals surface area contributed by atoms with Gasteiger partial charge in [-0.2, -0.15) is 0 Å². The quantitative estimate of drug-likeness (QED) is 0.723. The predicted octanol–water partition coefficient (Wildman–Crippen LogP) is 4.01. The Balaban J connectivity index is 1.21. The molecule has 0 atom stereocenters. The van der Waals surface area contributed by atoms with Crippen LogP contribution < -0.4 is 0 Å². The first-order valence-corrected chi connectivity index (χ1v) is 10.9. The van der Waals surface area contributed by atoms with Crippen molar-refractivity contribution in [3.63, 3.8) is 0 Å². The van der Waals surface area contributed by atoms with Crippen molar-refractivity contribution in [3.05, 3.63) is 70.7 Å². The van der Waals surface area contributed by atoms with Gasteiger partial charge in [-0.1, -0.05) is 23.7 Å². The molecule has 150 valence electrons. The second-order valence-corrected chi connectivity index (χ2v) is 8.75. The maximum atomic E-state index is 6.17. The summed E-state index contributed by atoms with van der Waals surface area (Å²) in [5.41, 5.74) is 7.74. The number of allylic oxidation sites excluding steroid dienone is 2. The first-order valence-electron chi connectivity index (χ1n) is 10.5. The fourth-order valence-electron chi connectivity index (χ4n) is 4.40. The van der Waals surface area contributed by atoms with Gasteiger partial charge in [0, 0.05) is 73.5 Å². The molecule has 0 spiro atoms. The zero-order valence-electron chi connectivity index (χ0n) is 16.9. The van der Waals surface area contributed by atoms with Gasteiger partial charge in [0.2, 0.25) is 0 Å². The van der Waals surface area contributed by atoms with Crippen LogP contribution in [0, 0.1) is 0 Å². The molecule has 29 heavy (non-hydrogen) atoms. The average Bonchev–Trinajstić information content (AvgIpc) is 3.45. The number of pyridine rings is 1. The van der Waals surface area contributed by atoms with Crippen LogP contribution in [-0.4, -0.2) is 72.5 Å². The van der Waals surface area contributed by atoms with Gasteiger partial charge in [0.1, 0.15) is 0 Å². The summed E-state index contributed by atoms with van der Waals surface area (Å²) in [6.45, 7) is 8.14. The zero-order chi connectivity index (χ0) is 19.8. The summed E-state index contributed by atoms with van der Waals surface area (Å²) in [4.78, 5) is 12.1. The lowest BCUT2D eigenvalue weighted by Crippen LogP contribution is -2.45. The van der Waals surface area contributed by atoms with Crippen molar-refractivity contribution in [1.82, 2.24) is 19.7 Å². The third kappa shape index (κ3) is 4.11. The molecule has 4 nitrogen and oxygen atoms in total. The fourth-order valence-corrected chi connectivity index (χ4v) is 4.59. The molecule has 1 saturated heterocycles. The van der Waals surface area contributed by atoms with Crippen LogP contribution in [0.15, 0.2) is 60.1 Å². The minimum absolute atomic E-state index is 0.758. The standard InChI is InChI=1S/C24H27ClN4/c1-27-8-10-28(11-9-27)6-3-7-29-17-23(22-14-24(22)29)20-12-19(15-26-16-20)18-4-2-5-21(25)13-18/h2,4-5,12-16H,3,6-11,17H2,1H3. The Morgan fingerprint density at radius 3 is 2.62 bits per heavy atom. The summed E-state index contributed by atoms with van der Waals surface area (Å²) in [5, 5.41) is 0.758. The maximum Gasteiger partial charge on any atom is 0.0454 e. The number of rotatable bonds is 6. The van der Waals surface area contributed by atoms with Gasteiger partial charge in [0.15, 0.2) is 0 Å². The van der Waals surface area contributed by atoms with Crippen molar-refractivity contribution in [2.45, 2.75) is 6.42 Å². The van der Waals surface area contributed by atoms with E-state index >= 15 is 0 Å². The highest BCUT2D eigenvalue weighted by Crippen LogP contribution is 2.45. The van der Waals surface area contributed by atoms with Gasteiger partial charge in [-0.15, -0.1) is 0 Å². The number of aromatic nitrogens is 1. The van der Waals surface area contributed by atoms with Gasteiger partial charge in [0.25, 0.3) is 0 Å². The SMILES string of the molecule is CN1CCN(CCCN2CC(c3cncc(-c4cccc(Cl)c4)c3)=C3C=C32)CC1. The fraction of sp³-hybridized carbons (Fsp3) is 0.375. The Morgan fingerprint density at radius 1 is 0.966 bits per heavy atom. The van der Waals surface area contributed by atoms with E-state index in [4.69, 9.17) is 11.6 Å². The molecule has 1 fully saturated rings. The van der Waals surface area contributed by atoms with Gasteiger partial charge in [-0.3, -0.25) is 4.98 Å². The maximum absolute atomic E-state index is 6.17. The first-order chi connectivity index (χ1) is 14.2. The van der Waals surface area contributed by atoms with E-state index in [0.717, 1.165) is 29.2 Å². The van der Waals surface area contributed by atoms with Crippen LogP contribution in [0.3, 0.4) is 0 Å². The van der Waals surface area contributed by atoms with Crippen molar-refractivity contribution in [2.75, 3.05) is 52.9 Å². The molecule has 0 bridgehead atoms. The van der Waals surface area contributed by atoms with E-state index in [1.165, 1.54) is 61.6 Å². The Hall–Kier alpha value is -2.14. The second kappa shape index (κ2) is 7.94. The highest BCUT2D eigenvalue weighted by Gasteiger charge is 2.34. The summed E-state index contributed by atoms with van der Waals surface area (Å²) >= 11 is 6.17. The van der Waals surface area contributed by atoms with Crippen molar-refractivity contribution < 1.29 is 0 Å². The second-order valence-electron chi connectivity index (χ2n) is 8.31. The molecular weight excluding hydrogens is 380 g/mol. The number of likely N-dealkylation sites (N-methyl/N-ethyl adjacent to an activating group) is 1. The smallest absolute Gasteiger partial charge is 0.0454 e. The molecular formula is C24H27ClN4. The van der Waals surface area contributed by atoms with Gasteiger partial charge < -0.3 is 14.7 Å². The largest absolute Gasteiger partial charge is 0.367 e. The summed E-state index contributed by atoms with van der Waals surface area (Å²) < 4.78 is 0. The van der Waals surface area contributed by atoms with E-state index in [2.05, 4.69) is 44.9 Å². The van der Waals surface area contributed by atoms with Crippen molar-refractivity contribution in [3.8, 4) is 11.1 Å². The third-order valence-corrected chi connectivity index (χ3v) is 6.47. The molecule has 1 aliphatic carbocycles. The third-order valence-electron chi connectivity index (χ3n) is 6.23. The zero-order valence-corrected chi connectivity index (χ0v) is 17.7. The lowest BCUT2D eigenvalue weighted by atomic mass is 10.0. The van der Waals surface area contributed by atoms with Crippen LogP contribution in [0.5, 0.6) is 0 Å². The molecule has 2 aromatic rings. The molecule has 1 aromatic heterocycles. The lowest BCUT2D eigenvalue weighted by molar-refractivity contribution is 0.150. The van der Waals surface area contributed by atoms with Gasteiger partial charge in [-0.25, -0.2) is 0 Å². The number of hydrogen-bond donors (Lipinski definition) is 0. The highest BCUT2D eigenvalue weighted by atomic mass is 35.5. The highest BCUT2D eigenvalue weighted by molar-refractivity contribution is 6.30. The van der Waals surface area contributed by atoms with Crippen LogP contribution in [0.2, 0.25) is 5.02 Å². The van der Waals surface area contributed by atoms with Crippen LogP contribution in [0.1, 0.15) is 12.0 Å². The molecule has 0 unspecified atom stereocenters. The van der Waals surface area contributed by atoms with Crippen LogP contribution in [0.25, 0.3) is 16.7 Å². The Labute approximate surface area is 178 Å². The average molecular weight is 407 g/mol. The first kappa shape index (κ1) is 18.9. The van der Waals surface area contributed by atoms with Gasteiger partial charge in [-0.05, 0) is 61.0 Å². The van der Waals surface area contributed by atoms with Crippen molar-refractivity contribution in [2.24, 2.45) is 0 Å². The topological polar surface area (TPSA) is 22.6 Å². The molecule has 0 saturated carbocycles. The van der Waals surface area contributed by atoms with E-state index in [-0.39, 0.29) is 0 Å². The molecule has 0 radical (unpaired) electrons. The Kier molecular flexibility index (Phi) is 5.17. The molecule has 1 aromatic carbocycles. The molecule has 3 heterocycles. The number of nitrogens with zero attached hydrogens (tertiary/aromatic N) is 4. The molecule has 0 N–H and O–H groups in total. The Morgan fingerprint density at radius 2 is 1.79 bits per heavy atom. The van der Waals surface area contributed by atoms with Crippen LogP contribution in [0.4, 0.5) is 0 Å². The van der Waals surface area contributed by atoms with Gasteiger partial charge in [0.05, 0.1) is 0 Å². The lowest BCUT2D eigenvalue weighted by Gasteiger charge is -2.32. The number of halogens is 1. The van der Waals surface area contributed by atoms with Crippen LogP contribution >= 0.6 is 11.6 Å². The van der Waals surface area contributed by atoms with Crippen molar-refractivity contribution in [1.29, 1.82) is 0 Å². The molecule has 0 amide bonds. The van der Waals surface area contributed by atoms with E-state index in [1.54, 1.807) is 0 Å². The molecule has 5 rings (SSSR count). The van der Waals surface area contributed by atoms with E-state index in [1.807, 2.05) is 30.6 Å². The Bertz CT molecular complexity index is 972. The van der Waals surface area contributed by atoms with Crippen molar-refractivity contribution >= 4 is 17.2 Å². The summed E-state index contributed by atoms with van der Waals surface area (Å²) in [6.07, 6.45) is 7.46. The summed E-state index contributed by atoms with van der Waals surface area (Å²) in [6, 6.07) is 10.2. The number of benzene rings is 1. The summed E-state index contributed by atoms with van der Waals surface area (Å²) in [5.74, 6) is 0. The van der Waals surface area contributed by atoms with E-state index < -0.39 is 0 Å². The molecule has 3 aliphatic rings. The minimum Gasteiger partial charge on any atom is -0.367 e. The number of fused-ring (bicyclic) bond motifs is 1. The number of hydrogen-bond acceptors (Lipinski definition) is 4.